The molecule has 100 valence electrons. The molecule has 0 radical (unpaired) electrons. The van der Waals surface area contributed by atoms with Crippen molar-refractivity contribution in [2.24, 2.45) is 11.3 Å². The van der Waals surface area contributed by atoms with Crippen LogP contribution in [0.2, 0.25) is 0 Å². The average Bonchev–Trinajstić information content (AvgIpc) is 3.05. The molecule has 0 aromatic heterocycles. The van der Waals surface area contributed by atoms with Crippen molar-refractivity contribution in [3.8, 4) is 6.07 Å². The van der Waals surface area contributed by atoms with E-state index in [4.69, 9.17) is 4.74 Å². The maximum atomic E-state index is 12.2. The van der Waals surface area contributed by atoms with Crippen molar-refractivity contribution >= 4 is 5.91 Å². The summed E-state index contributed by atoms with van der Waals surface area (Å²) in [5.74, 6) is 0.348. The van der Waals surface area contributed by atoms with Gasteiger partial charge in [-0.05, 0) is 25.7 Å². The van der Waals surface area contributed by atoms with Crippen molar-refractivity contribution in [3.05, 3.63) is 0 Å². The molecule has 2 unspecified atom stereocenters. The molecule has 1 aliphatic heterocycles. The third-order valence-electron chi connectivity index (χ3n) is 4.38. The van der Waals surface area contributed by atoms with Gasteiger partial charge in [-0.1, -0.05) is 19.8 Å². The maximum absolute atomic E-state index is 12.2. The number of rotatable bonds is 4. The lowest BCUT2D eigenvalue weighted by atomic mass is 9.86. The van der Waals surface area contributed by atoms with E-state index in [-0.39, 0.29) is 12.0 Å². The first-order chi connectivity index (χ1) is 8.72. The molecule has 1 saturated heterocycles. The maximum Gasteiger partial charge on any atom is 0.240 e. The lowest BCUT2D eigenvalue weighted by molar-refractivity contribution is -0.128. The van der Waals surface area contributed by atoms with Crippen molar-refractivity contribution in [1.82, 2.24) is 5.32 Å². The summed E-state index contributed by atoms with van der Waals surface area (Å²) < 4.78 is 5.61. The Bertz CT molecular complexity index is 342. The van der Waals surface area contributed by atoms with E-state index >= 15 is 0 Å². The van der Waals surface area contributed by atoms with E-state index in [0.717, 1.165) is 32.3 Å². The smallest absolute Gasteiger partial charge is 0.240 e. The number of nitrogens with zero attached hydrogens (tertiary/aromatic N) is 1. The Morgan fingerprint density at radius 2 is 2.22 bits per heavy atom. The van der Waals surface area contributed by atoms with Gasteiger partial charge in [-0.25, -0.2) is 0 Å². The Kier molecular flexibility index (Phi) is 4.23. The molecule has 1 heterocycles. The molecule has 2 fully saturated rings. The summed E-state index contributed by atoms with van der Waals surface area (Å²) in [5, 5.41) is 12.2. The molecule has 2 rings (SSSR count). The number of nitrogens with one attached hydrogen (secondary N) is 1. The molecule has 0 aromatic rings. The second-order valence-electron chi connectivity index (χ2n) is 5.48. The predicted molar refractivity (Wildman–Crippen MR) is 67.7 cm³/mol. The fraction of sp³-hybridized carbons (Fsp3) is 0.857. The Morgan fingerprint density at radius 1 is 1.50 bits per heavy atom. The minimum absolute atomic E-state index is 0.0655. The highest BCUT2D eigenvalue weighted by molar-refractivity contribution is 5.85. The molecule has 1 aliphatic carbocycles. The number of ether oxygens (including phenoxy) is 1. The van der Waals surface area contributed by atoms with Crippen molar-refractivity contribution in [1.29, 1.82) is 5.26 Å². The summed E-state index contributed by atoms with van der Waals surface area (Å²) in [7, 11) is 0. The third-order valence-corrected chi connectivity index (χ3v) is 4.38. The van der Waals surface area contributed by atoms with Crippen LogP contribution in [0.4, 0.5) is 0 Å². The van der Waals surface area contributed by atoms with E-state index in [0.29, 0.717) is 25.3 Å². The highest BCUT2D eigenvalue weighted by Crippen LogP contribution is 2.37. The Hall–Kier alpha value is -1.08. The van der Waals surface area contributed by atoms with E-state index in [1.54, 1.807) is 0 Å². The summed E-state index contributed by atoms with van der Waals surface area (Å²) >= 11 is 0. The minimum Gasteiger partial charge on any atom is -0.378 e. The van der Waals surface area contributed by atoms with Crippen LogP contribution in [-0.2, 0) is 9.53 Å². The fourth-order valence-corrected chi connectivity index (χ4v) is 3.14. The van der Waals surface area contributed by atoms with Gasteiger partial charge in [0.15, 0.2) is 0 Å². The predicted octanol–water partition coefficient (Wildman–Crippen LogP) is 2.00. The Morgan fingerprint density at radius 3 is 2.83 bits per heavy atom. The van der Waals surface area contributed by atoms with Crippen molar-refractivity contribution in [3.63, 3.8) is 0 Å². The Balaban J connectivity index is 1.86. The van der Waals surface area contributed by atoms with E-state index < -0.39 is 5.41 Å². The standard InChI is InChI=1S/C14H22N2O2/c1-2-12-11(5-8-18-12)9-16-13(17)14(10-15)6-3-4-7-14/h11-12H,2-9H2,1H3,(H,16,17). The van der Waals surface area contributed by atoms with Crippen LogP contribution < -0.4 is 5.32 Å². The van der Waals surface area contributed by atoms with Crippen LogP contribution >= 0.6 is 0 Å². The zero-order chi connectivity index (χ0) is 13.0. The van der Waals surface area contributed by atoms with Gasteiger partial charge in [0.05, 0.1) is 12.2 Å². The zero-order valence-electron chi connectivity index (χ0n) is 11.1. The largest absolute Gasteiger partial charge is 0.378 e. The molecule has 0 spiro atoms. The van der Waals surface area contributed by atoms with Crippen LogP contribution in [0.3, 0.4) is 0 Å². The molecule has 1 saturated carbocycles. The molecule has 2 atom stereocenters. The highest BCUT2D eigenvalue weighted by atomic mass is 16.5. The summed E-state index contributed by atoms with van der Waals surface area (Å²) in [4.78, 5) is 12.2. The van der Waals surface area contributed by atoms with E-state index in [1.165, 1.54) is 0 Å². The van der Waals surface area contributed by atoms with Gasteiger partial charge in [0.2, 0.25) is 5.91 Å². The molecule has 18 heavy (non-hydrogen) atoms. The molecule has 0 bridgehead atoms. The van der Waals surface area contributed by atoms with Gasteiger partial charge < -0.3 is 10.1 Å². The van der Waals surface area contributed by atoms with Gasteiger partial charge in [-0.2, -0.15) is 5.26 Å². The summed E-state index contributed by atoms with van der Waals surface area (Å²) in [6.45, 7) is 3.56. The zero-order valence-corrected chi connectivity index (χ0v) is 11.1. The second-order valence-corrected chi connectivity index (χ2v) is 5.48. The Labute approximate surface area is 109 Å². The van der Waals surface area contributed by atoms with E-state index in [2.05, 4.69) is 18.3 Å². The normalized spacial score (nSPS) is 30.0. The van der Waals surface area contributed by atoms with Crippen LogP contribution in [0.1, 0.15) is 45.4 Å². The van der Waals surface area contributed by atoms with Gasteiger partial charge in [-0.3, -0.25) is 4.79 Å². The summed E-state index contributed by atoms with van der Waals surface area (Å²) in [6, 6.07) is 2.23. The molecule has 2 aliphatic rings. The number of carbonyl (C=O) groups excluding carboxylic acids is 1. The fourth-order valence-electron chi connectivity index (χ4n) is 3.14. The molecule has 1 amide bonds. The molecule has 0 aromatic carbocycles. The van der Waals surface area contributed by atoms with Crippen LogP contribution in [0.25, 0.3) is 0 Å². The monoisotopic (exact) mass is 250 g/mol. The first kappa shape index (κ1) is 13.4. The topological polar surface area (TPSA) is 62.1 Å². The van der Waals surface area contributed by atoms with Gasteiger partial charge in [0.1, 0.15) is 5.41 Å². The van der Waals surface area contributed by atoms with Crippen molar-refractivity contribution < 1.29 is 9.53 Å². The molecule has 4 heteroatoms. The lowest BCUT2D eigenvalue weighted by Crippen LogP contribution is -2.41. The third kappa shape index (κ3) is 2.51. The highest BCUT2D eigenvalue weighted by Gasteiger charge is 2.41. The number of hydrogen-bond acceptors (Lipinski definition) is 3. The summed E-state index contributed by atoms with van der Waals surface area (Å²) in [5.41, 5.74) is -0.749. The van der Waals surface area contributed by atoms with Gasteiger partial charge >= 0.3 is 0 Å². The minimum atomic E-state index is -0.749. The van der Waals surface area contributed by atoms with E-state index in [1.807, 2.05) is 0 Å². The summed E-state index contributed by atoms with van der Waals surface area (Å²) in [6.07, 6.45) is 5.69. The quantitative estimate of drug-likeness (QED) is 0.830. The molecular formula is C14H22N2O2. The van der Waals surface area contributed by atoms with Crippen LogP contribution in [-0.4, -0.2) is 25.2 Å². The number of amides is 1. The molecular weight excluding hydrogens is 228 g/mol. The lowest BCUT2D eigenvalue weighted by Gasteiger charge is -2.22. The van der Waals surface area contributed by atoms with Gasteiger partial charge in [0, 0.05) is 19.1 Å². The van der Waals surface area contributed by atoms with Crippen molar-refractivity contribution in [2.75, 3.05) is 13.2 Å². The number of nitriles is 1. The number of hydrogen-bond donors (Lipinski definition) is 1. The SMILES string of the molecule is CCC1OCCC1CNC(=O)C1(C#N)CCCC1. The van der Waals surface area contributed by atoms with Crippen LogP contribution in [0.15, 0.2) is 0 Å². The van der Waals surface area contributed by atoms with Gasteiger partial charge in [-0.15, -0.1) is 0 Å². The average molecular weight is 250 g/mol. The van der Waals surface area contributed by atoms with E-state index in [9.17, 15) is 10.1 Å². The second kappa shape index (κ2) is 5.71. The van der Waals surface area contributed by atoms with Crippen LogP contribution in [0.5, 0.6) is 0 Å². The molecule has 1 N–H and O–H groups in total. The van der Waals surface area contributed by atoms with Crippen molar-refractivity contribution in [2.45, 2.75) is 51.6 Å². The first-order valence-corrected chi connectivity index (χ1v) is 7.03. The molecule has 4 nitrogen and oxygen atoms in total. The van der Waals surface area contributed by atoms with Gasteiger partial charge in [0.25, 0.3) is 0 Å². The van der Waals surface area contributed by atoms with Crippen LogP contribution in [0, 0.1) is 22.7 Å². The number of carbonyl (C=O) groups is 1. The first-order valence-electron chi connectivity index (χ1n) is 7.03.